The smallest absolute Gasteiger partial charge is 0.264 e. The summed E-state index contributed by atoms with van der Waals surface area (Å²) in [5, 5.41) is 10.2. The third kappa shape index (κ3) is 6.25. The number of aliphatic hydroxyl groups is 1. The van der Waals surface area contributed by atoms with Crippen LogP contribution in [0.5, 0.6) is 0 Å². The van der Waals surface area contributed by atoms with Gasteiger partial charge in [0.25, 0.3) is 5.91 Å². The molecule has 3 aliphatic rings. The molecule has 2 saturated heterocycles. The minimum absolute atomic E-state index is 0.0460. The first-order chi connectivity index (χ1) is 22.4. The molecule has 3 amide bonds. The van der Waals surface area contributed by atoms with E-state index < -0.39 is 31.5 Å². The van der Waals surface area contributed by atoms with Gasteiger partial charge >= 0.3 is 0 Å². The van der Waals surface area contributed by atoms with E-state index in [2.05, 4.69) is 0 Å². The predicted molar refractivity (Wildman–Crippen MR) is 183 cm³/mol. The van der Waals surface area contributed by atoms with Crippen molar-refractivity contribution in [1.29, 1.82) is 0 Å². The molecule has 11 heteroatoms. The van der Waals surface area contributed by atoms with E-state index in [4.69, 9.17) is 16.3 Å². The molecule has 3 aliphatic heterocycles. The molecule has 2 fully saturated rings. The van der Waals surface area contributed by atoms with Gasteiger partial charge < -0.3 is 29.3 Å². The molecule has 3 aromatic carbocycles. The van der Waals surface area contributed by atoms with Crippen LogP contribution in [-0.2, 0) is 37.8 Å². The van der Waals surface area contributed by atoms with Gasteiger partial charge in [-0.1, -0.05) is 61.0 Å². The van der Waals surface area contributed by atoms with Gasteiger partial charge in [-0.3, -0.25) is 14.4 Å². The maximum Gasteiger partial charge on any atom is 0.264 e. The number of nitrogens with zero attached hydrogens (tertiary/aromatic N) is 3. The number of carbonyl (C=O) groups is 3. The molecule has 6 rings (SSSR count). The van der Waals surface area contributed by atoms with E-state index in [0.717, 1.165) is 23.2 Å². The Hall–Kier alpha value is -3.54. The van der Waals surface area contributed by atoms with Gasteiger partial charge in [0, 0.05) is 53.8 Å². The zero-order valence-electron chi connectivity index (χ0n) is 27.1. The van der Waals surface area contributed by atoms with Crippen LogP contribution >= 0.6 is 11.6 Å². The van der Waals surface area contributed by atoms with Crippen molar-refractivity contribution >= 4 is 49.0 Å². The van der Waals surface area contributed by atoms with Gasteiger partial charge in [0.15, 0.2) is 13.9 Å². The summed E-state index contributed by atoms with van der Waals surface area (Å²) in [6.07, 6.45) is 0.565. The molecule has 0 aliphatic carbocycles. The molecule has 9 nitrogen and oxygen atoms in total. The monoisotopic (exact) mass is 675 g/mol. The average molecular weight is 676 g/mol. The summed E-state index contributed by atoms with van der Waals surface area (Å²) >= 11 is 6.55. The number of rotatable bonds is 10. The number of anilines is 2. The lowest BCUT2D eigenvalue weighted by atomic mass is 9.82. The molecule has 248 valence electrons. The predicted octanol–water partition coefficient (Wildman–Crippen LogP) is 5.22. The van der Waals surface area contributed by atoms with Crippen LogP contribution in [0.4, 0.5) is 11.4 Å². The van der Waals surface area contributed by atoms with E-state index in [1.807, 2.05) is 80.7 Å². The second kappa shape index (κ2) is 13.2. The fraction of sp³-hybridized carbons (Fsp3) is 0.417. The number of fused-ring (bicyclic) bond motifs is 2. The molecule has 0 aromatic heterocycles. The summed E-state index contributed by atoms with van der Waals surface area (Å²) < 4.78 is 6.85. The van der Waals surface area contributed by atoms with E-state index in [-0.39, 0.29) is 43.8 Å². The normalized spacial score (nSPS) is 24.0. The van der Waals surface area contributed by atoms with E-state index in [1.165, 1.54) is 0 Å². The van der Waals surface area contributed by atoms with Crippen molar-refractivity contribution in [3.8, 4) is 0 Å². The number of halogens is 1. The summed E-state index contributed by atoms with van der Waals surface area (Å²) in [4.78, 5) is 57.8. The molecular formula is C36H42ClN3O6Si. The summed E-state index contributed by atoms with van der Waals surface area (Å²) in [7, 11) is -3.01. The SMILES string of the molecule is C[C@@H]1[C@@H]([Si](C)(C)O)[C@H](CC(=O)N(CCO)Cc2ccccc2)O[C@@]12C(=O)N(Cc1cccc(N3CCCC3=O)c1)c1ccc(Cl)cc12. The minimum Gasteiger partial charge on any atom is -0.432 e. The number of amides is 3. The number of carbonyl (C=O) groups excluding carboxylic acids is 3. The molecule has 0 saturated carbocycles. The first-order valence-electron chi connectivity index (χ1n) is 16.3. The summed E-state index contributed by atoms with van der Waals surface area (Å²) in [5.41, 5.74) is 2.00. The highest BCUT2D eigenvalue weighted by Crippen LogP contribution is 2.60. The highest BCUT2D eigenvalue weighted by atomic mass is 35.5. The Balaban J connectivity index is 1.33. The van der Waals surface area contributed by atoms with Gasteiger partial charge in [0.2, 0.25) is 11.8 Å². The third-order valence-corrected chi connectivity index (χ3v) is 12.6. The topological polar surface area (TPSA) is 111 Å². The minimum atomic E-state index is -3.01. The van der Waals surface area contributed by atoms with Crippen molar-refractivity contribution in [1.82, 2.24) is 4.90 Å². The van der Waals surface area contributed by atoms with Crippen LogP contribution in [0.25, 0.3) is 0 Å². The molecule has 47 heavy (non-hydrogen) atoms. The number of ether oxygens (including phenoxy) is 1. The van der Waals surface area contributed by atoms with E-state index >= 15 is 0 Å². The Labute approximate surface area is 281 Å². The van der Waals surface area contributed by atoms with Crippen LogP contribution in [0.1, 0.15) is 42.9 Å². The Kier molecular flexibility index (Phi) is 9.34. The van der Waals surface area contributed by atoms with Crippen LogP contribution in [0.15, 0.2) is 72.8 Å². The molecule has 0 unspecified atom stereocenters. The molecule has 1 spiro atoms. The van der Waals surface area contributed by atoms with Crippen molar-refractivity contribution in [2.45, 2.75) is 69.6 Å². The van der Waals surface area contributed by atoms with Gasteiger partial charge in [-0.15, -0.1) is 0 Å². The van der Waals surface area contributed by atoms with Crippen molar-refractivity contribution in [3.05, 3.63) is 94.5 Å². The molecule has 0 radical (unpaired) electrons. The molecule has 2 N–H and O–H groups in total. The van der Waals surface area contributed by atoms with Crippen molar-refractivity contribution < 1.29 is 29.0 Å². The molecule has 3 heterocycles. The highest BCUT2D eigenvalue weighted by molar-refractivity contribution is 6.71. The Bertz CT molecular complexity index is 1670. The summed E-state index contributed by atoms with van der Waals surface area (Å²) in [6, 6.07) is 22.6. The number of hydrogen-bond donors (Lipinski definition) is 2. The largest absolute Gasteiger partial charge is 0.432 e. The van der Waals surface area contributed by atoms with E-state index in [0.29, 0.717) is 35.8 Å². The Morgan fingerprint density at radius 2 is 1.81 bits per heavy atom. The molecule has 0 bridgehead atoms. The lowest BCUT2D eigenvalue weighted by Gasteiger charge is -2.32. The maximum atomic E-state index is 14.8. The lowest BCUT2D eigenvalue weighted by Crippen LogP contribution is -2.46. The van der Waals surface area contributed by atoms with Crippen molar-refractivity contribution in [3.63, 3.8) is 0 Å². The lowest BCUT2D eigenvalue weighted by molar-refractivity contribution is -0.150. The maximum absolute atomic E-state index is 14.8. The first-order valence-corrected chi connectivity index (χ1v) is 19.7. The summed E-state index contributed by atoms with van der Waals surface area (Å²) in [5.74, 6) is -0.854. The number of benzene rings is 3. The summed E-state index contributed by atoms with van der Waals surface area (Å²) in [6.45, 7) is 6.78. The van der Waals surface area contributed by atoms with Crippen molar-refractivity contribution in [2.75, 3.05) is 29.5 Å². The van der Waals surface area contributed by atoms with Gasteiger partial charge in [-0.2, -0.15) is 0 Å². The van der Waals surface area contributed by atoms with Crippen LogP contribution in [-0.4, -0.2) is 66.6 Å². The van der Waals surface area contributed by atoms with Crippen LogP contribution in [0.2, 0.25) is 23.7 Å². The molecule has 4 atom stereocenters. The van der Waals surface area contributed by atoms with Crippen LogP contribution in [0, 0.1) is 5.92 Å². The average Bonchev–Trinajstić information content (AvgIpc) is 3.66. The van der Waals surface area contributed by atoms with Gasteiger partial charge in [-0.05, 0) is 61.0 Å². The van der Waals surface area contributed by atoms with Gasteiger partial charge in [0.05, 0.1) is 31.4 Å². The fourth-order valence-electron chi connectivity index (χ4n) is 7.85. The number of hydrogen-bond acceptors (Lipinski definition) is 6. The highest BCUT2D eigenvalue weighted by Gasteiger charge is 2.66. The fourth-order valence-corrected chi connectivity index (χ4v) is 10.6. The van der Waals surface area contributed by atoms with Crippen LogP contribution in [0.3, 0.4) is 0 Å². The zero-order chi connectivity index (χ0) is 33.5. The zero-order valence-corrected chi connectivity index (χ0v) is 28.8. The second-order valence-electron chi connectivity index (χ2n) is 13.5. The van der Waals surface area contributed by atoms with Crippen LogP contribution < -0.4 is 9.80 Å². The second-order valence-corrected chi connectivity index (χ2v) is 17.9. The Morgan fingerprint density at radius 3 is 2.49 bits per heavy atom. The molecule has 3 aromatic rings. The standard InChI is InChI=1S/C36H42ClN3O6Si/c1-24-34(47(2,3)45)31(21-33(43)38(17-18-41)22-25-9-5-4-6-10-25)46-36(24)29-20-27(37)14-15-30(29)40(35(36)44)23-26-11-7-12-28(19-26)39-16-8-13-32(39)42/h4-7,9-12,14-15,19-20,24,31,34,41,45H,8,13,16-18,21-23H2,1-3H3/t24-,31+,34-,36+/m1/s1. The third-order valence-electron chi connectivity index (χ3n) is 9.90. The molecular weight excluding hydrogens is 634 g/mol. The van der Waals surface area contributed by atoms with Gasteiger partial charge in [0.1, 0.15) is 0 Å². The Morgan fingerprint density at radius 1 is 1.06 bits per heavy atom. The van der Waals surface area contributed by atoms with E-state index in [1.54, 1.807) is 26.8 Å². The van der Waals surface area contributed by atoms with E-state index in [9.17, 15) is 24.3 Å². The quantitative estimate of drug-likeness (QED) is 0.285. The first kappa shape index (κ1) is 33.4. The number of aliphatic hydroxyl groups excluding tert-OH is 1. The van der Waals surface area contributed by atoms with Crippen molar-refractivity contribution in [2.24, 2.45) is 5.92 Å². The van der Waals surface area contributed by atoms with Gasteiger partial charge in [-0.25, -0.2) is 0 Å².